The van der Waals surface area contributed by atoms with Crippen LogP contribution in [-0.4, -0.2) is 10.9 Å². The van der Waals surface area contributed by atoms with Gasteiger partial charge in [-0.3, -0.25) is 4.79 Å². The number of carbonyl (C=O) groups excluding carboxylic acids is 1. The lowest BCUT2D eigenvalue weighted by atomic mass is 10.2. The lowest BCUT2D eigenvalue weighted by Gasteiger charge is -2.05. The third-order valence-electron chi connectivity index (χ3n) is 2.08. The summed E-state index contributed by atoms with van der Waals surface area (Å²) >= 11 is 12.4. The van der Waals surface area contributed by atoms with Crippen molar-refractivity contribution >= 4 is 55.2 Å². The number of rotatable bonds is 2. The summed E-state index contributed by atoms with van der Waals surface area (Å²) in [6.07, 6.45) is 0. The molecule has 0 unspecified atom stereocenters. The second-order valence-corrected chi connectivity index (χ2v) is 5.68. The summed E-state index contributed by atoms with van der Waals surface area (Å²) in [4.78, 5) is 16.0. The quantitative estimate of drug-likeness (QED) is 0.767. The van der Waals surface area contributed by atoms with Gasteiger partial charge in [-0.25, -0.2) is 4.98 Å². The zero-order valence-electron chi connectivity index (χ0n) is 8.95. The molecule has 0 aliphatic rings. The largest absolute Gasteiger partial charge is 0.307 e. The summed E-state index contributed by atoms with van der Waals surface area (Å²) < 4.78 is 1.64. The highest BCUT2D eigenvalue weighted by Crippen LogP contribution is 2.21. The fourth-order valence-electron chi connectivity index (χ4n) is 1.35. The van der Waals surface area contributed by atoms with Gasteiger partial charge in [0.15, 0.2) is 0 Å². The van der Waals surface area contributed by atoms with Crippen LogP contribution in [0.15, 0.2) is 45.3 Å². The predicted octanol–water partition coefficient (Wildman–Crippen LogP) is 4.51. The van der Waals surface area contributed by atoms with Gasteiger partial charge in [-0.15, -0.1) is 0 Å². The Balaban J connectivity index is 2.22. The fourth-order valence-corrected chi connectivity index (χ4v) is 2.81. The van der Waals surface area contributed by atoms with E-state index < -0.39 is 0 Å². The van der Waals surface area contributed by atoms with E-state index in [1.54, 1.807) is 30.3 Å². The van der Waals surface area contributed by atoms with Gasteiger partial charge >= 0.3 is 0 Å². The molecule has 1 heterocycles. The minimum atomic E-state index is -0.244. The number of benzene rings is 1. The third-order valence-corrected chi connectivity index (χ3v) is 3.21. The third kappa shape index (κ3) is 3.54. The van der Waals surface area contributed by atoms with Crippen molar-refractivity contribution in [1.29, 1.82) is 0 Å². The van der Waals surface area contributed by atoms with Crippen LogP contribution in [-0.2, 0) is 0 Å². The van der Waals surface area contributed by atoms with Crippen molar-refractivity contribution in [2.75, 3.05) is 5.32 Å². The van der Waals surface area contributed by atoms with E-state index in [1.807, 2.05) is 6.07 Å². The molecule has 1 aromatic heterocycles. The summed E-state index contributed by atoms with van der Waals surface area (Å²) in [7, 11) is 0. The van der Waals surface area contributed by atoms with Crippen LogP contribution in [0.1, 0.15) is 10.4 Å². The summed E-state index contributed by atoms with van der Waals surface area (Å²) in [5.41, 5.74) is 0.526. The molecule has 2 aromatic rings. The Hall–Kier alpha value is -0.910. The molecule has 0 saturated carbocycles. The number of nitrogens with one attached hydrogen (secondary N) is 1. The Kier molecular flexibility index (Phi) is 4.37. The Bertz CT molecular complexity index is 584. The lowest BCUT2D eigenvalue weighted by molar-refractivity contribution is 0.102. The van der Waals surface area contributed by atoms with Crippen molar-refractivity contribution in [2.24, 2.45) is 0 Å². The van der Waals surface area contributed by atoms with Crippen molar-refractivity contribution < 1.29 is 4.79 Å². The smallest absolute Gasteiger partial charge is 0.256 e. The zero-order chi connectivity index (χ0) is 13.1. The van der Waals surface area contributed by atoms with E-state index in [0.29, 0.717) is 16.5 Å². The molecule has 1 N–H and O–H groups in total. The van der Waals surface area contributed by atoms with Crippen LogP contribution in [0.3, 0.4) is 0 Å². The van der Waals surface area contributed by atoms with E-state index in [0.717, 1.165) is 8.95 Å². The van der Waals surface area contributed by atoms with Crippen molar-refractivity contribution in [2.45, 2.75) is 0 Å². The van der Waals surface area contributed by atoms with Gasteiger partial charge < -0.3 is 5.32 Å². The number of nitrogens with zero attached hydrogens (tertiary/aromatic N) is 1. The Morgan fingerprint density at radius 1 is 1.17 bits per heavy atom. The van der Waals surface area contributed by atoms with Crippen LogP contribution in [0, 0.1) is 0 Å². The number of pyridine rings is 1. The van der Waals surface area contributed by atoms with E-state index in [2.05, 4.69) is 42.2 Å². The van der Waals surface area contributed by atoms with Gasteiger partial charge in [-0.05, 0) is 30.3 Å². The summed E-state index contributed by atoms with van der Waals surface area (Å²) in [6.45, 7) is 0. The van der Waals surface area contributed by atoms with E-state index in [-0.39, 0.29) is 5.91 Å². The summed E-state index contributed by atoms with van der Waals surface area (Å²) in [5, 5.41) is 3.01. The first kappa shape index (κ1) is 13.5. The highest BCUT2D eigenvalue weighted by atomic mass is 79.9. The predicted molar refractivity (Wildman–Crippen MR) is 79.0 cm³/mol. The molecule has 0 aliphatic carbocycles. The van der Waals surface area contributed by atoms with E-state index in [1.165, 1.54) is 0 Å². The molecule has 0 spiro atoms. The molecule has 3 nitrogen and oxygen atoms in total. The van der Waals surface area contributed by atoms with E-state index in [4.69, 9.17) is 11.6 Å². The number of aromatic nitrogens is 1. The molecule has 1 aromatic carbocycles. The molecule has 18 heavy (non-hydrogen) atoms. The Labute approximate surface area is 126 Å². The normalized spacial score (nSPS) is 10.2. The SMILES string of the molecule is O=C(Nc1cccc(Cl)n1)c1cc(Br)cc(Br)c1. The minimum absolute atomic E-state index is 0.244. The Morgan fingerprint density at radius 2 is 1.83 bits per heavy atom. The van der Waals surface area contributed by atoms with Gasteiger partial charge in [0.1, 0.15) is 11.0 Å². The number of anilines is 1. The average Bonchev–Trinajstić information content (AvgIpc) is 2.27. The first-order valence-corrected chi connectivity index (χ1v) is 6.91. The first-order chi connectivity index (χ1) is 8.54. The maximum Gasteiger partial charge on any atom is 0.256 e. The van der Waals surface area contributed by atoms with Gasteiger partial charge in [0.05, 0.1) is 0 Å². The second-order valence-electron chi connectivity index (χ2n) is 3.46. The van der Waals surface area contributed by atoms with Crippen molar-refractivity contribution in [3.8, 4) is 0 Å². The molecule has 1 amide bonds. The maximum absolute atomic E-state index is 12.0. The first-order valence-electron chi connectivity index (χ1n) is 4.94. The van der Waals surface area contributed by atoms with Crippen LogP contribution < -0.4 is 5.32 Å². The number of amides is 1. The molecule has 0 radical (unpaired) electrons. The molecular weight excluding hydrogens is 383 g/mol. The monoisotopic (exact) mass is 388 g/mol. The van der Waals surface area contributed by atoms with Gasteiger partial charge in [-0.2, -0.15) is 0 Å². The van der Waals surface area contributed by atoms with Crippen LogP contribution in [0.2, 0.25) is 5.15 Å². The van der Waals surface area contributed by atoms with Crippen molar-refractivity contribution in [3.63, 3.8) is 0 Å². The second kappa shape index (κ2) is 5.82. The molecular formula is C12H7Br2ClN2O. The molecule has 2 rings (SSSR count). The topological polar surface area (TPSA) is 42.0 Å². The molecule has 6 heteroatoms. The van der Waals surface area contributed by atoms with E-state index >= 15 is 0 Å². The minimum Gasteiger partial charge on any atom is -0.307 e. The molecule has 0 saturated heterocycles. The Morgan fingerprint density at radius 3 is 2.44 bits per heavy atom. The number of halogens is 3. The summed E-state index contributed by atoms with van der Waals surface area (Å²) in [5.74, 6) is 0.176. The van der Waals surface area contributed by atoms with Crippen molar-refractivity contribution in [1.82, 2.24) is 4.98 Å². The van der Waals surface area contributed by atoms with Crippen LogP contribution >= 0.6 is 43.5 Å². The lowest BCUT2D eigenvalue weighted by Crippen LogP contribution is -2.12. The fraction of sp³-hybridized carbons (Fsp3) is 0. The van der Waals surface area contributed by atoms with Gasteiger partial charge in [0.25, 0.3) is 5.91 Å². The molecule has 0 fully saturated rings. The highest BCUT2D eigenvalue weighted by molar-refractivity contribution is 9.11. The number of carbonyl (C=O) groups is 1. The molecule has 0 bridgehead atoms. The zero-order valence-corrected chi connectivity index (χ0v) is 12.9. The van der Waals surface area contributed by atoms with Crippen LogP contribution in [0.4, 0.5) is 5.82 Å². The molecule has 0 aliphatic heterocycles. The van der Waals surface area contributed by atoms with Gasteiger partial charge in [0.2, 0.25) is 0 Å². The van der Waals surface area contributed by atoms with Crippen molar-refractivity contribution in [3.05, 3.63) is 56.1 Å². The average molecular weight is 390 g/mol. The standard InChI is InChI=1S/C12H7Br2ClN2O/c13-8-4-7(5-9(14)6-8)12(18)17-11-3-1-2-10(15)16-11/h1-6H,(H,16,17,18). The maximum atomic E-state index is 12.0. The molecule has 92 valence electrons. The number of hydrogen-bond acceptors (Lipinski definition) is 2. The van der Waals surface area contributed by atoms with Gasteiger partial charge in [0, 0.05) is 14.5 Å². The van der Waals surface area contributed by atoms with Gasteiger partial charge in [-0.1, -0.05) is 49.5 Å². The highest BCUT2D eigenvalue weighted by Gasteiger charge is 2.08. The van der Waals surface area contributed by atoms with Crippen LogP contribution in [0.5, 0.6) is 0 Å². The summed E-state index contributed by atoms with van der Waals surface area (Å²) in [6, 6.07) is 10.4. The molecule has 0 atom stereocenters. The van der Waals surface area contributed by atoms with Crippen LogP contribution in [0.25, 0.3) is 0 Å². The number of hydrogen-bond donors (Lipinski definition) is 1. The van der Waals surface area contributed by atoms with E-state index in [9.17, 15) is 4.79 Å².